The lowest BCUT2D eigenvalue weighted by atomic mass is 9.88. The van der Waals surface area contributed by atoms with E-state index in [1.807, 2.05) is 74.5 Å². The summed E-state index contributed by atoms with van der Waals surface area (Å²) in [6, 6.07) is 50.4. The number of anilines is 4. The maximum Gasteiger partial charge on any atom is 0.317 e. The lowest BCUT2D eigenvalue weighted by Crippen LogP contribution is -2.51. The second-order valence-electron chi connectivity index (χ2n) is 38.6. The molecule has 20 nitrogen and oxygen atoms in total. The third-order valence-corrected chi connectivity index (χ3v) is 31.8. The van der Waals surface area contributed by atoms with Gasteiger partial charge in [-0.3, -0.25) is 48.6 Å². The molecule has 0 amide bonds. The third kappa shape index (κ3) is 31.5. The van der Waals surface area contributed by atoms with Crippen LogP contribution in [0.3, 0.4) is 0 Å². The van der Waals surface area contributed by atoms with E-state index in [2.05, 4.69) is 173 Å². The van der Waals surface area contributed by atoms with Crippen LogP contribution >= 0.6 is 116 Å². The van der Waals surface area contributed by atoms with Crippen molar-refractivity contribution in [1.82, 2.24) is 39.2 Å². The van der Waals surface area contributed by atoms with Gasteiger partial charge in [0.15, 0.2) is 0 Å². The van der Waals surface area contributed by atoms with E-state index in [9.17, 15) is 19.2 Å². The van der Waals surface area contributed by atoms with Gasteiger partial charge in [0.2, 0.25) is 0 Å². The van der Waals surface area contributed by atoms with E-state index in [-0.39, 0.29) is 50.1 Å². The summed E-state index contributed by atoms with van der Waals surface area (Å²) in [7, 11) is 0. The maximum absolute atomic E-state index is 11.1. The van der Waals surface area contributed by atoms with Crippen LogP contribution < -0.4 is 21.3 Å². The van der Waals surface area contributed by atoms with Gasteiger partial charge in [0.05, 0.1) is 92.9 Å². The van der Waals surface area contributed by atoms with Crippen molar-refractivity contribution in [2.45, 2.75) is 204 Å². The van der Waals surface area contributed by atoms with Gasteiger partial charge in [-0.1, -0.05) is 189 Å². The first kappa shape index (κ1) is 108. The predicted octanol–water partition coefficient (Wildman–Crippen LogP) is 26.1. The van der Waals surface area contributed by atoms with Crippen LogP contribution in [0.1, 0.15) is 222 Å². The third-order valence-electron chi connectivity index (χ3n) is 28.7. The van der Waals surface area contributed by atoms with E-state index in [4.69, 9.17) is 136 Å². The largest absolute Gasteiger partial charge is 0.481 e. The normalized spacial score (nSPS) is 20.8. The Labute approximate surface area is 865 Å². The molecule has 8 N–H and O–H groups in total. The van der Waals surface area contributed by atoms with Crippen molar-refractivity contribution >= 4 is 174 Å². The summed E-state index contributed by atoms with van der Waals surface area (Å²) in [4.78, 5) is 63.0. The first-order valence-corrected chi connectivity index (χ1v) is 52.8. The van der Waals surface area contributed by atoms with Gasteiger partial charge in [-0.15, -0.1) is 0 Å². The van der Waals surface area contributed by atoms with Crippen molar-refractivity contribution < 1.29 is 39.6 Å². The minimum atomic E-state index is -0.743. The fourth-order valence-electron chi connectivity index (χ4n) is 21.1. The van der Waals surface area contributed by atoms with Crippen LogP contribution in [0.25, 0.3) is 11.1 Å². The molecule has 8 aromatic rings. The Balaban J connectivity index is 0.000000155. The number of benzene rings is 8. The summed E-state index contributed by atoms with van der Waals surface area (Å²) in [5.41, 5.74) is 17.7. The van der Waals surface area contributed by atoms with Crippen LogP contribution in [-0.2, 0) is 19.2 Å². The monoisotopic (exact) mass is 2080 g/mol. The minimum Gasteiger partial charge on any atom is -0.481 e. The first-order chi connectivity index (χ1) is 66.2. The topological polar surface area (TPSA) is 223 Å². The van der Waals surface area contributed by atoms with Gasteiger partial charge in [-0.05, 0) is 347 Å². The van der Waals surface area contributed by atoms with Crippen molar-refractivity contribution in [3.05, 3.63) is 264 Å². The Bertz CT molecular complexity index is 5530. The van der Waals surface area contributed by atoms with E-state index in [1.165, 1.54) is 46.2 Å². The zero-order valence-corrected chi connectivity index (χ0v) is 87.6. The number of rotatable bonds is 30. The van der Waals surface area contributed by atoms with Gasteiger partial charge in [-0.2, -0.15) is 0 Å². The number of aliphatic carboxylic acids is 4. The number of halogens is 10. The lowest BCUT2D eigenvalue weighted by Gasteiger charge is -2.42. The molecule has 16 rings (SSSR count). The second kappa shape index (κ2) is 52.4. The number of nitrogens with one attached hydrogen (secondary N) is 4. The molecule has 6 fully saturated rings. The average molecular weight is 2080 g/mol. The van der Waals surface area contributed by atoms with E-state index in [1.54, 1.807) is 12.1 Å². The molecule has 0 spiro atoms. The smallest absolute Gasteiger partial charge is 0.317 e. The van der Waals surface area contributed by atoms with E-state index in [0.29, 0.717) is 84.3 Å². The lowest BCUT2D eigenvalue weighted by molar-refractivity contribution is -0.139. The molecule has 8 aromatic carbocycles. The highest BCUT2D eigenvalue weighted by atomic mass is 35.5. The van der Waals surface area contributed by atoms with Crippen LogP contribution in [-0.4, -0.2) is 239 Å². The van der Waals surface area contributed by atoms with Gasteiger partial charge < -0.3 is 51.5 Å². The molecular weight excluding hydrogens is 1950 g/mol. The van der Waals surface area contributed by atoms with Crippen molar-refractivity contribution in [2.24, 2.45) is 0 Å². The van der Waals surface area contributed by atoms with Crippen molar-refractivity contribution in [1.29, 1.82) is 0 Å². The summed E-state index contributed by atoms with van der Waals surface area (Å²) < 4.78 is 0. The zero-order valence-electron chi connectivity index (χ0n) is 80.0. The van der Waals surface area contributed by atoms with Crippen LogP contribution in [0, 0.1) is 13.8 Å². The molecule has 0 bridgehead atoms. The Hall–Kier alpha value is -7.10. The van der Waals surface area contributed by atoms with Crippen LogP contribution in [0.5, 0.6) is 0 Å². The standard InChI is InChI=1S/C28H37Cl2N3O2.C27H32Cl3N3O2.C27H33Cl2N3O2.C26H32Cl3N3O2/c1-19-5-7-24(26(30)16-19)20(2)31-27-17-22(6-8-25(27)29)21-9-14-33(15-10-21)23-4-3-12-32(18-23)13-11-28(34)35;1-18(23-6-5-21(28)16-25(23)30)31-26-15-20(4-7-24(26)29)19-8-13-33(14-9-19)22-3-2-11-32(17-22)12-10-27(34)35;1-18-5-7-23(25(29)14-18)19(2)30-26-15-21(6-8-24(26)28)20-9-12-32(13-10-20)22-4-3-11-31(16-22)17-27(33)34;1-17(22-6-5-20(27)14-24(22)29)30-25-13-19(4-7-23(25)28)18-8-11-32(12-9-18)21-3-2-10-31(15-21)16-26(33)34/h5-8,16-17,20-21,23,31H,3-4,9-15,18H2,1-2H3,(H,34,35);4-8,15-16,18,22,31H,2-3,9-14,17H2,1H3,(H,34,35);5-9,14-15,19,22,30H,3-4,10-13,16-17H2,1-2H3,(H,33,34);4-7,13-14,17-18,21,30H,2-3,8-12,15-16H2,1H3,(H,33,34)/t20-,23+;18-,22+;19-,22+;17-,21+/m1111/s1. The molecule has 0 radical (unpaired) electrons. The molecule has 8 heterocycles. The molecule has 0 unspecified atom stereocenters. The quantitative estimate of drug-likeness (QED) is 0.0210. The van der Waals surface area contributed by atoms with Crippen molar-refractivity contribution in [3.63, 3.8) is 0 Å². The molecule has 0 saturated carbocycles. The summed E-state index contributed by atoms with van der Waals surface area (Å²) >= 11 is 64.0. The molecule has 8 atom stereocenters. The fourth-order valence-corrected chi connectivity index (χ4v) is 23.7. The molecule has 744 valence electrons. The van der Waals surface area contributed by atoms with Crippen LogP contribution in [0.15, 0.2) is 158 Å². The number of nitrogens with zero attached hydrogens (tertiary/aromatic N) is 8. The van der Waals surface area contributed by atoms with Gasteiger partial charge in [0, 0.05) is 120 Å². The van der Waals surface area contributed by atoms with Gasteiger partial charge in [0.25, 0.3) is 0 Å². The van der Waals surface area contributed by atoms with E-state index >= 15 is 0 Å². The van der Waals surface area contributed by atoms with Crippen LogP contribution in [0.2, 0.25) is 50.2 Å². The summed E-state index contributed by atoms with van der Waals surface area (Å²) in [6.45, 7) is 29.5. The van der Waals surface area contributed by atoms with E-state index in [0.717, 1.165) is 253 Å². The highest BCUT2D eigenvalue weighted by Gasteiger charge is 2.35. The second-order valence-corrected chi connectivity index (χ2v) is 42.7. The van der Waals surface area contributed by atoms with Crippen molar-refractivity contribution in [2.75, 3.05) is 152 Å². The molecule has 30 heteroatoms. The molecule has 0 aliphatic carbocycles. The highest BCUT2D eigenvalue weighted by Crippen LogP contribution is 2.43. The van der Waals surface area contributed by atoms with E-state index < -0.39 is 23.9 Å². The first-order valence-electron chi connectivity index (χ1n) is 49.0. The summed E-state index contributed by atoms with van der Waals surface area (Å²) in [6.07, 6.45) is 20.6. The maximum atomic E-state index is 11.1. The van der Waals surface area contributed by atoms with Gasteiger partial charge >= 0.3 is 23.9 Å². The number of carboxylic acid groups (broad SMARTS) is 4. The molecule has 6 saturated heterocycles. The minimum absolute atomic E-state index is 0.0144. The predicted molar refractivity (Wildman–Crippen MR) is 572 cm³/mol. The number of carboxylic acids is 4. The number of aryl methyl sites for hydroxylation is 2. The molecule has 8 aliphatic heterocycles. The molecule has 0 aromatic heterocycles. The Morgan fingerprint density at radius 2 is 0.630 bits per heavy atom. The molecule has 138 heavy (non-hydrogen) atoms. The molecule has 8 aliphatic rings. The van der Waals surface area contributed by atoms with Gasteiger partial charge in [0.1, 0.15) is 0 Å². The Kier molecular flexibility index (Phi) is 41.1. The molecular formula is C108H134Cl10N12O8. The fraction of sp³-hybridized carbons (Fsp3) is 0.481. The van der Waals surface area contributed by atoms with Gasteiger partial charge in [-0.25, -0.2) is 0 Å². The number of hydrogen-bond donors (Lipinski definition) is 8. The average Bonchev–Trinajstić information content (AvgIpc) is 0.823. The van der Waals surface area contributed by atoms with Crippen molar-refractivity contribution in [3.8, 4) is 0 Å². The zero-order chi connectivity index (χ0) is 98.4. The number of carbonyl (C=O) groups is 4. The summed E-state index contributed by atoms with van der Waals surface area (Å²) in [5.74, 6) is -1.90. The Morgan fingerprint density at radius 1 is 0.326 bits per heavy atom. The number of piperidine rings is 6. The highest BCUT2D eigenvalue weighted by molar-refractivity contribution is 6.37. The Morgan fingerprint density at radius 3 is 0.942 bits per heavy atom. The number of hydrogen-bond acceptors (Lipinski definition) is 16. The number of likely N-dealkylation sites (tertiary alicyclic amines) is 6. The SMILES string of the molecule is C[C@@H](Nc1cc(C2=CCN([C@H]3CCCN(CCC(=O)O)C3)CC2)ccc1Cl)c1ccc(Cl)cc1Cl.C[C@@H](Nc1cc(C2CCN([C@H]3CCCN(CC(=O)O)C3)CC2)ccc1Cl)c1ccc(Cl)cc1Cl.Cc1ccc([C@@H](C)Nc2cc(C3=CCN([C@H]4CCCN(CC(=O)O)C4)CC3)ccc2Cl)c(Cl)c1.Cc1ccc([C@@H](C)Nc2cc(C3CCN([C@H]4CCCN(CCC(=O)O)C4)CC3)ccc2Cl)c(Cl)c1. The van der Waals surface area contributed by atoms with Crippen LogP contribution in [0.4, 0.5) is 22.7 Å². The summed E-state index contributed by atoms with van der Waals surface area (Å²) in [5, 5.41) is 57.2.